The summed E-state index contributed by atoms with van der Waals surface area (Å²) in [5, 5.41) is 0. The zero-order valence-electron chi connectivity index (χ0n) is 6.51. The van der Waals surface area contributed by atoms with Gasteiger partial charge < -0.3 is 5.73 Å². The highest BCUT2D eigenvalue weighted by atomic mass is 16.1. The van der Waals surface area contributed by atoms with Crippen LogP contribution in [0.1, 0.15) is 6.92 Å². The maximum absolute atomic E-state index is 10.2. The van der Waals surface area contributed by atoms with Gasteiger partial charge in [-0.15, -0.1) is 0 Å². The largest absolute Gasteiger partial charge is 0.322 e. The number of hydrogen-bond acceptors (Lipinski definition) is 3. The summed E-state index contributed by atoms with van der Waals surface area (Å²) < 4.78 is 0. The zero-order valence-corrected chi connectivity index (χ0v) is 6.51. The van der Waals surface area contributed by atoms with Crippen LogP contribution >= 0.6 is 0 Å². The summed E-state index contributed by atoms with van der Waals surface area (Å²) in [5.41, 5.74) is 6.07. The third-order valence-corrected chi connectivity index (χ3v) is 2.42. The van der Waals surface area contributed by atoms with E-state index >= 15 is 0 Å². The van der Waals surface area contributed by atoms with E-state index < -0.39 is 0 Å². The molecule has 1 fully saturated rings. The molecule has 0 aromatic rings. The van der Waals surface area contributed by atoms with Gasteiger partial charge in [-0.25, -0.2) is 4.79 Å². The van der Waals surface area contributed by atoms with E-state index in [4.69, 9.17) is 5.73 Å². The van der Waals surface area contributed by atoms with Crippen LogP contribution in [0.25, 0.3) is 0 Å². The van der Waals surface area contributed by atoms with Crippen molar-refractivity contribution in [3.8, 4) is 0 Å². The van der Waals surface area contributed by atoms with Gasteiger partial charge >= 0.3 is 0 Å². The lowest BCUT2D eigenvalue weighted by molar-refractivity contribution is 0.297. The van der Waals surface area contributed by atoms with E-state index in [1.807, 2.05) is 31.9 Å². The molecule has 1 saturated carbocycles. The molecular formula is C7H12N2O. The van der Waals surface area contributed by atoms with Gasteiger partial charge in [-0.2, -0.15) is 0 Å². The van der Waals surface area contributed by atoms with Gasteiger partial charge in [-0.05, 0) is 21.0 Å². The van der Waals surface area contributed by atoms with Crippen molar-refractivity contribution in [3.63, 3.8) is 0 Å². The molecule has 0 radical (unpaired) electrons. The molecule has 56 valence electrons. The molecule has 0 aromatic carbocycles. The summed E-state index contributed by atoms with van der Waals surface area (Å²) in [6, 6.07) is -0.111. The maximum atomic E-state index is 10.2. The molecule has 1 aliphatic carbocycles. The Labute approximate surface area is 60.5 Å². The number of nitrogens with zero attached hydrogens (tertiary/aromatic N) is 1. The smallest absolute Gasteiger partial charge is 0.127 e. The lowest BCUT2D eigenvalue weighted by Gasteiger charge is -2.17. The van der Waals surface area contributed by atoms with E-state index in [1.54, 1.807) is 0 Å². The Morgan fingerprint density at radius 1 is 1.70 bits per heavy atom. The second-order valence-corrected chi connectivity index (χ2v) is 3.04. The average Bonchev–Trinajstić information content (AvgIpc) is 2.38. The van der Waals surface area contributed by atoms with Gasteiger partial charge in [0.25, 0.3) is 0 Å². The molecule has 1 aliphatic rings. The van der Waals surface area contributed by atoms with Crippen molar-refractivity contribution >= 4 is 5.94 Å². The van der Waals surface area contributed by atoms with Crippen molar-refractivity contribution in [2.75, 3.05) is 14.1 Å². The summed E-state index contributed by atoms with van der Waals surface area (Å²) in [5.74, 6) is 1.86. The van der Waals surface area contributed by atoms with E-state index in [0.717, 1.165) is 0 Å². The standard InChI is InChI=1S/C7H12N2O/c1-7(9(2)3)5(4-10)6(7)8/h6H,8H2,1-3H3. The van der Waals surface area contributed by atoms with E-state index in [0.29, 0.717) is 5.57 Å². The summed E-state index contributed by atoms with van der Waals surface area (Å²) in [7, 11) is 3.81. The first-order valence-corrected chi connectivity index (χ1v) is 3.23. The van der Waals surface area contributed by atoms with Crippen LogP contribution < -0.4 is 5.73 Å². The fraction of sp³-hybridized carbons (Fsp3) is 0.714. The molecule has 2 unspecified atom stereocenters. The van der Waals surface area contributed by atoms with Crippen molar-refractivity contribution < 1.29 is 4.79 Å². The van der Waals surface area contributed by atoms with Crippen molar-refractivity contribution in [1.82, 2.24) is 4.90 Å². The van der Waals surface area contributed by atoms with Gasteiger partial charge in [-0.3, -0.25) is 4.90 Å². The highest BCUT2D eigenvalue weighted by Gasteiger charge is 2.57. The predicted molar refractivity (Wildman–Crippen MR) is 39.3 cm³/mol. The maximum Gasteiger partial charge on any atom is 0.127 e. The SMILES string of the molecule is CN(C)C1(C)C(=C=O)C1N. The van der Waals surface area contributed by atoms with Gasteiger partial charge in [0, 0.05) is 0 Å². The zero-order chi connectivity index (χ0) is 7.94. The summed E-state index contributed by atoms with van der Waals surface area (Å²) in [4.78, 5) is 12.2. The topological polar surface area (TPSA) is 46.3 Å². The fourth-order valence-corrected chi connectivity index (χ4v) is 1.14. The Kier molecular flexibility index (Phi) is 1.44. The molecule has 2 N–H and O–H groups in total. The van der Waals surface area contributed by atoms with Crippen LogP contribution in [0.3, 0.4) is 0 Å². The average molecular weight is 140 g/mol. The van der Waals surface area contributed by atoms with Gasteiger partial charge in [0.1, 0.15) is 5.94 Å². The van der Waals surface area contributed by atoms with Crippen LogP contribution in [0, 0.1) is 0 Å². The Hall–Kier alpha value is -0.630. The molecule has 3 nitrogen and oxygen atoms in total. The van der Waals surface area contributed by atoms with Crippen LogP contribution in [0.4, 0.5) is 0 Å². The van der Waals surface area contributed by atoms with E-state index in [9.17, 15) is 4.79 Å². The summed E-state index contributed by atoms with van der Waals surface area (Å²) >= 11 is 0. The normalized spacial score (nSPS) is 38.1. The van der Waals surface area contributed by atoms with Gasteiger partial charge in [0.2, 0.25) is 0 Å². The van der Waals surface area contributed by atoms with Crippen LogP contribution in [0.2, 0.25) is 0 Å². The van der Waals surface area contributed by atoms with Gasteiger partial charge in [0.15, 0.2) is 0 Å². The molecule has 3 heteroatoms. The van der Waals surface area contributed by atoms with E-state index in [2.05, 4.69) is 0 Å². The molecule has 2 atom stereocenters. The summed E-state index contributed by atoms with van der Waals surface area (Å²) in [6.07, 6.45) is 0. The quantitative estimate of drug-likeness (QED) is 0.495. The predicted octanol–water partition coefficient (Wildman–Crippen LogP) is -0.594. The molecule has 0 amide bonds. The minimum absolute atomic E-state index is 0.111. The molecule has 10 heavy (non-hydrogen) atoms. The first-order valence-electron chi connectivity index (χ1n) is 3.23. The Bertz CT molecular complexity index is 206. The number of rotatable bonds is 1. The molecular weight excluding hydrogens is 128 g/mol. The van der Waals surface area contributed by atoms with Crippen LogP contribution in [0.15, 0.2) is 5.57 Å². The highest BCUT2D eigenvalue weighted by molar-refractivity contribution is 5.70. The van der Waals surface area contributed by atoms with Gasteiger partial charge in [-0.1, -0.05) is 0 Å². The molecule has 0 bridgehead atoms. The Balaban J connectivity index is 2.87. The van der Waals surface area contributed by atoms with E-state index in [1.165, 1.54) is 0 Å². The minimum Gasteiger partial charge on any atom is -0.322 e. The van der Waals surface area contributed by atoms with Crippen molar-refractivity contribution in [3.05, 3.63) is 5.57 Å². The molecule has 1 rings (SSSR count). The highest BCUT2D eigenvalue weighted by Crippen LogP contribution is 2.42. The van der Waals surface area contributed by atoms with Crippen molar-refractivity contribution in [1.29, 1.82) is 0 Å². The minimum atomic E-state index is -0.220. The molecule has 0 heterocycles. The number of nitrogens with two attached hydrogens (primary N) is 1. The first kappa shape index (κ1) is 7.48. The number of likely N-dealkylation sites (N-methyl/N-ethyl adjacent to an activating group) is 1. The van der Waals surface area contributed by atoms with Crippen LogP contribution in [0.5, 0.6) is 0 Å². The van der Waals surface area contributed by atoms with Crippen molar-refractivity contribution in [2.45, 2.75) is 18.5 Å². The second kappa shape index (κ2) is 1.92. The van der Waals surface area contributed by atoms with Crippen LogP contribution in [-0.4, -0.2) is 36.5 Å². The summed E-state index contributed by atoms with van der Waals surface area (Å²) in [6.45, 7) is 1.94. The molecule has 0 spiro atoms. The molecule has 0 saturated heterocycles. The van der Waals surface area contributed by atoms with Gasteiger partial charge in [0.05, 0.1) is 17.2 Å². The van der Waals surface area contributed by atoms with Crippen molar-refractivity contribution in [2.24, 2.45) is 5.73 Å². The first-order chi connectivity index (χ1) is 4.55. The lowest BCUT2D eigenvalue weighted by Crippen LogP contribution is -2.33. The molecule has 0 aromatic heterocycles. The lowest BCUT2D eigenvalue weighted by atomic mass is 10.3. The Morgan fingerprint density at radius 3 is 2.30 bits per heavy atom. The third kappa shape index (κ3) is 0.655. The number of hydrogen-bond donors (Lipinski definition) is 1. The third-order valence-electron chi connectivity index (χ3n) is 2.42. The van der Waals surface area contributed by atoms with E-state index in [-0.39, 0.29) is 11.6 Å². The monoisotopic (exact) mass is 140 g/mol. The second-order valence-electron chi connectivity index (χ2n) is 3.04. The van der Waals surface area contributed by atoms with Crippen LogP contribution in [-0.2, 0) is 4.79 Å². The number of carbonyl (C=O) groups excluding carboxylic acids is 1. The fourth-order valence-electron chi connectivity index (χ4n) is 1.14. The molecule has 0 aliphatic heterocycles. The Morgan fingerprint density at radius 2 is 2.20 bits per heavy atom.